The number of nitrogens with one attached hydrogen (secondary N) is 1. The first kappa shape index (κ1) is 20.1. The van der Waals surface area contributed by atoms with Crippen molar-refractivity contribution < 1.29 is 23.1 Å². The fourth-order valence-corrected chi connectivity index (χ4v) is 3.17. The van der Waals surface area contributed by atoms with Gasteiger partial charge in [-0.1, -0.05) is 13.8 Å². The quantitative estimate of drug-likeness (QED) is 0.713. The van der Waals surface area contributed by atoms with Gasteiger partial charge < -0.3 is 10.4 Å². The zero-order chi connectivity index (χ0) is 18.9. The molecular formula is C16H24N2O5S. The number of aryl methyl sites for hydroxylation is 1. The van der Waals surface area contributed by atoms with Crippen LogP contribution in [-0.4, -0.2) is 30.9 Å². The van der Waals surface area contributed by atoms with Gasteiger partial charge in [0.05, 0.1) is 16.9 Å². The number of rotatable bonds is 6. The van der Waals surface area contributed by atoms with E-state index in [1.807, 2.05) is 0 Å². The molecular weight excluding hydrogens is 332 g/mol. The highest BCUT2D eigenvalue weighted by Gasteiger charge is 2.33. The summed E-state index contributed by atoms with van der Waals surface area (Å²) in [5, 5.41) is 17.0. The summed E-state index contributed by atoms with van der Waals surface area (Å²) in [6.07, 6.45) is -0.247. The second-order valence-corrected chi connectivity index (χ2v) is 8.09. The minimum absolute atomic E-state index is 0.114. The van der Waals surface area contributed by atoms with Crippen LogP contribution in [0.3, 0.4) is 0 Å². The lowest BCUT2D eigenvalue weighted by Crippen LogP contribution is -2.51. The van der Waals surface area contributed by atoms with Crippen LogP contribution in [0.1, 0.15) is 48.7 Å². The Labute approximate surface area is 142 Å². The van der Waals surface area contributed by atoms with Crippen LogP contribution in [0.5, 0.6) is 0 Å². The third-order valence-electron chi connectivity index (χ3n) is 4.38. The number of nitrogens with two attached hydrogens (primary N) is 1. The molecule has 0 bridgehead atoms. The Morgan fingerprint density at radius 1 is 1.29 bits per heavy atom. The minimum Gasteiger partial charge on any atom is -0.481 e. The highest BCUT2D eigenvalue weighted by atomic mass is 32.2. The summed E-state index contributed by atoms with van der Waals surface area (Å²) in [7, 11) is -3.97. The summed E-state index contributed by atoms with van der Waals surface area (Å²) in [5.41, 5.74) is 0.241. The van der Waals surface area contributed by atoms with Crippen LogP contribution >= 0.6 is 0 Å². The zero-order valence-corrected chi connectivity index (χ0v) is 15.3. The van der Waals surface area contributed by atoms with Crippen LogP contribution in [0.25, 0.3) is 0 Å². The van der Waals surface area contributed by atoms with Crippen molar-refractivity contribution in [1.82, 2.24) is 5.32 Å². The Hall–Kier alpha value is -1.93. The number of aliphatic carboxylic acids is 1. The molecule has 0 saturated carbocycles. The van der Waals surface area contributed by atoms with Crippen LogP contribution in [0.2, 0.25) is 0 Å². The maximum Gasteiger partial charge on any atom is 0.305 e. The fourth-order valence-electron chi connectivity index (χ4n) is 2.29. The normalized spacial score (nSPS) is 14.3. The van der Waals surface area contributed by atoms with E-state index in [4.69, 9.17) is 10.2 Å². The number of benzene rings is 1. The van der Waals surface area contributed by atoms with E-state index < -0.39 is 27.4 Å². The van der Waals surface area contributed by atoms with Gasteiger partial charge in [0.15, 0.2) is 0 Å². The number of hydrogen-bond acceptors (Lipinski definition) is 4. The van der Waals surface area contributed by atoms with E-state index in [0.29, 0.717) is 11.1 Å². The van der Waals surface area contributed by atoms with Gasteiger partial charge in [-0.3, -0.25) is 9.59 Å². The third kappa shape index (κ3) is 4.55. The molecule has 0 aliphatic heterocycles. The Balaban J connectivity index is 3.29. The molecule has 0 saturated heterocycles. The third-order valence-corrected chi connectivity index (χ3v) is 5.42. The lowest BCUT2D eigenvalue weighted by atomic mass is 9.85. The highest BCUT2D eigenvalue weighted by molar-refractivity contribution is 7.89. The Morgan fingerprint density at radius 2 is 1.83 bits per heavy atom. The molecule has 0 aromatic heterocycles. The average Bonchev–Trinajstić information content (AvgIpc) is 2.38. The van der Waals surface area contributed by atoms with Crippen LogP contribution in [0.15, 0.2) is 17.0 Å². The van der Waals surface area contributed by atoms with Crippen LogP contribution in [0.4, 0.5) is 0 Å². The summed E-state index contributed by atoms with van der Waals surface area (Å²) in [4.78, 5) is 23.5. The van der Waals surface area contributed by atoms with Crippen molar-refractivity contribution in [2.75, 3.05) is 0 Å². The number of carboxylic acid groups (broad SMARTS) is 1. The van der Waals surface area contributed by atoms with E-state index in [9.17, 15) is 18.0 Å². The predicted molar refractivity (Wildman–Crippen MR) is 90.3 cm³/mol. The summed E-state index contributed by atoms with van der Waals surface area (Å²) >= 11 is 0. The summed E-state index contributed by atoms with van der Waals surface area (Å²) in [6.45, 7) is 8.54. The van der Waals surface area contributed by atoms with Gasteiger partial charge in [0.1, 0.15) is 0 Å². The number of carbonyl (C=O) groups excluding carboxylic acids is 1. The first-order valence-corrected chi connectivity index (χ1v) is 9.01. The molecule has 7 nitrogen and oxygen atoms in total. The molecule has 0 heterocycles. The molecule has 0 radical (unpaired) electrons. The van der Waals surface area contributed by atoms with Crippen molar-refractivity contribution in [3.63, 3.8) is 0 Å². The lowest BCUT2D eigenvalue weighted by molar-refractivity contribution is -0.138. The van der Waals surface area contributed by atoms with Crippen LogP contribution in [-0.2, 0) is 14.8 Å². The molecule has 0 aliphatic rings. The molecule has 8 heteroatoms. The lowest BCUT2D eigenvalue weighted by Gasteiger charge is -2.33. The maximum absolute atomic E-state index is 12.5. The van der Waals surface area contributed by atoms with E-state index in [0.717, 1.165) is 0 Å². The van der Waals surface area contributed by atoms with Crippen molar-refractivity contribution in [3.05, 3.63) is 28.8 Å². The maximum atomic E-state index is 12.5. The molecule has 1 unspecified atom stereocenters. The molecule has 1 atom stereocenters. The molecule has 1 rings (SSSR count). The van der Waals surface area contributed by atoms with Gasteiger partial charge in [0, 0.05) is 5.56 Å². The molecule has 134 valence electrons. The van der Waals surface area contributed by atoms with Crippen molar-refractivity contribution in [2.45, 2.75) is 51.5 Å². The van der Waals surface area contributed by atoms with Crippen LogP contribution in [0, 0.1) is 19.8 Å². The molecule has 1 aromatic carbocycles. The zero-order valence-electron chi connectivity index (χ0n) is 14.5. The number of primary sulfonamides is 1. The molecule has 1 amide bonds. The Kier molecular flexibility index (Phi) is 5.78. The van der Waals surface area contributed by atoms with Gasteiger partial charge in [-0.2, -0.15) is 0 Å². The van der Waals surface area contributed by atoms with Crippen molar-refractivity contribution in [3.8, 4) is 0 Å². The minimum atomic E-state index is -3.97. The monoisotopic (exact) mass is 356 g/mol. The van der Waals surface area contributed by atoms with Gasteiger partial charge in [0.25, 0.3) is 5.91 Å². The van der Waals surface area contributed by atoms with E-state index in [2.05, 4.69) is 5.32 Å². The van der Waals surface area contributed by atoms with Gasteiger partial charge in [0.2, 0.25) is 10.0 Å². The largest absolute Gasteiger partial charge is 0.481 e. The Bertz CT molecular complexity index is 771. The molecule has 0 spiro atoms. The summed E-state index contributed by atoms with van der Waals surface area (Å²) < 4.78 is 23.4. The smallest absolute Gasteiger partial charge is 0.305 e. The number of carbonyl (C=O) groups is 2. The second kappa shape index (κ2) is 6.90. The first-order valence-electron chi connectivity index (χ1n) is 7.46. The molecule has 24 heavy (non-hydrogen) atoms. The van der Waals surface area contributed by atoms with Gasteiger partial charge in [-0.25, -0.2) is 13.6 Å². The predicted octanol–water partition coefficient (Wildman–Crippen LogP) is 1.57. The van der Waals surface area contributed by atoms with Gasteiger partial charge in [-0.15, -0.1) is 0 Å². The van der Waals surface area contributed by atoms with E-state index >= 15 is 0 Å². The van der Waals surface area contributed by atoms with Gasteiger partial charge >= 0.3 is 5.97 Å². The van der Waals surface area contributed by atoms with Gasteiger partial charge in [-0.05, 0) is 49.9 Å². The van der Waals surface area contributed by atoms with E-state index in [-0.39, 0.29) is 22.8 Å². The van der Waals surface area contributed by atoms with E-state index in [1.54, 1.807) is 40.7 Å². The molecule has 4 N–H and O–H groups in total. The van der Waals surface area contributed by atoms with E-state index in [1.165, 1.54) is 6.07 Å². The first-order chi connectivity index (χ1) is 10.8. The average molecular weight is 356 g/mol. The molecule has 0 fully saturated rings. The van der Waals surface area contributed by atoms with Crippen molar-refractivity contribution in [1.29, 1.82) is 0 Å². The number of amides is 1. The SMILES string of the molecule is Cc1cc(C(=O)NC(C)(CC(=O)O)C(C)C)cc(S(N)(=O)=O)c1C. The topological polar surface area (TPSA) is 127 Å². The van der Waals surface area contributed by atoms with Crippen molar-refractivity contribution in [2.24, 2.45) is 11.1 Å². The molecule has 1 aromatic rings. The summed E-state index contributed by atoms with van der Waals surface area (Å²) in [5.74, 6) is -1.71. The molecule has 0 aliphatic carbocycles. The second-order valence-electron chi connectivity index (χ2n) is 6.56. The standard InChI is InChI=1S/C16H24N2O5S/c1-9(2)16(5,8-14(19)20)18-15(21)12-6-10(3)11(4)13(7-12)24(17,22)23/h6-7,9H,8H2,1-5H3,(H,18,21)(H,19,20)(H2,17,22,23). The van der Waals surface area contributed by atoms with Crippen LogP contribution < -0.4 is 10.5 Å². The number of hydrogen-bond donors (Lipinski definition) is 3. The highest BCUT2D eigenvalue weighted by Crippen LogP contribution is 2.24. The van der Waals surface area contributed by atoms with Crippen molar-refractivity contribution >= 4 is 21.9 Å². The number of sulfonamides is 1. The number of carboxylic acids is 1. The summed E-state index contributed by atoms with van der Waals surface area (Å²) in [6, 6.07) is 2.77. The Morgan fingerprint density at radius 3 is 2.25 bits per heavy atom. The fraction of sp³-hybridized carbons (Fsp3) is 0.500.